The minimum absolute atomic E-state index is 0.472. The van der Waals surface area contributed by atoms with Crippen LogP contribution in [0.3, 0.4) is 0 Å². The molecule has 0 amide bonds. The standard InChI is InChI=1S/C11H15Cl2NO/c1-3-11(2,15)7-14-10-5-8(12)4-9(13)6-10/h4-6,14-15H,3,7H2,1-2H3. The molecule has 0 radical (unpaired) electrons. The fourth-order valence-corrected chi connectivity index (χ4v) is 1.60. The third-order valence-corrected chi connectivity index (χ3v) is 2.73. The molecule has 1 atom stereocenters. The van der Waals surface area contributed by atoms with Crippen molar-refractivity contribution in [1.29, 1.82) is 0 Å². The van der Waals surface area contributed by atoms with E-state index in [1.54, 1.807) is 25.1 Å². The number of halogens is 2. The van der Waals surface area contributed by atoms with Crippen molar-refractivity contribution in [3.05, 3.63) is 28.2 Å². The number of rotatable bonds is 4. The van der Waals surface area contributed by atoms with E-state index < -0.39 is 5.60 Å². The maximum absolute atomic E-state index is 9.79. The van der Waals surface area contributed by atoms with Crippen molar-refractivity contribution in [3.63, 3.8) is 0 Å². The molecule has 2 nitrogen and oxygen atoms in total. The molecule has 0 aliphatic carbocycles. The first-order valence-electron chi connectivity index (χ1n) is 4.85. The van der Waals surface area contributed by atoms with Crippen molar-refractivity contribution in [2.45, 2.75) is 25.9 Å². The van der Waals surface area contributed by atoms with E-state index in [0.717, 1.165) is 5.69 Å². The minimum atomic E-state index is -0.713. The number of nitrogens with one attached hydrogen (secondary N) is 1. The Hall–Kier alpha value is -0.440. The summed E-state index contributed by atoms with van der Waals surface area (Å²) in [5.41, 5.74) is 0.107. The number of benzene rings is 1. The van der Waals surface area contributed by atoms with Crippen molar-refractivity contribution >= 4 is 28.9 Å². The van der Waals surface area contributed by atoms with E-state index in [2.05, 4.69) is 5.32 Å². The van der Waals surface area contributed by atoms with Crippen molar-refractivity contribution in [2.75, 3.05) is 11.9 Å². The number of aliphatic hydroxyl groups is 1. The zero-order valence-electron chi connectivity index (χ0n) is 8.85. The van der Waals surface area contributed by atoms with Gasteiger partial charge in [-0.1, -0.05) is 30.1 Å². The second-order valence-electron chi connectivity index (χ2n) is 3.86. The van der Waals surface area contributed by atoms with Gasteiger partial charge in [-0.2, -0.15) is 0 Å². The van der Waals surface area contributed by atoms with Gasteiger partial charge in [0.05, 0.1) is 5.60 Å². The summed E-state index contributed by atoms with van der Waals surface area (Å²) in [4.78, 5) is 0. The Labute approximate surface area is 100 Å². The highest BCUT2D eigenvalue weighted by molar-refractivity contribution is 6.35. The van der Waals surface area contributed by atoms with Crippen molar-refractivity contribution in [1.82, 2.24) is 0 Å². The van der Waals surface area contributed by atoms with E-state index in [1.165, 1.54) is 0 Å². The molecule has 1 rings (SSSR count). The highest BCUT2D eigenvalue weighted by Gasteiger charge is 2.16. The molecular formula is C11H15Cl2NO. The lowest BCUT2D eigenvalue weighted by atomic mass is 10.0. The molecule has 0 heterocycles. The Balaban J connectivity index is 2.65. The summed E-state index contributed by atoms with van der Waals surface area (Å²) < 4.78 is 0. The quantitative estimate of drug-likeness (QED) is 0.853. The van der Waals surface area contributed by atoms with Gasteiger partial charge in [0.25, 0.3) is 0 Å². The van der Waals surface area contributed by atoms with E-state index in [4.69, 9.17) is 23.2 Å². The van der Waals surface area contributed by atoms with Gasteiger partial charge in [-0.3, -0.25) is 0 Å². The van der Waals surface area contributed by atoms with Gasteiger partial charge in [0, 0.05) is 22.3 Å². The van der Waals surface area contributed by atoms with Crippen LogP contribution in [0.4, 0.5) is 5.69 Å². The monoisotopic (exact) mass is 247 g/mol. The van der Waals surface area contributed by atoms with Gasteiger partial charge in [0.1, 0.15) is 0 Å². The second kappa shape index (κ2) is 5.06. The third kappa shape index (κ3) is 4.29. The molecule has 0 aromatic heterocycles. The summed E-state index contributed by atoms with van der Waals surface area (Å²) in [6.07, 6.45) is 0.689. The SMILES string of the molecule is CCC(C)(O)CNc1cc(Cl)cc(Cl)c1. The lowest BCUT2D eigenvalue weighted by Gasteiger charge is -2.22. The highest BCUT2D eigenvalue weighted by atomic mass is 35.5. The average Bonchev–Trinajstić information content (AvgIpc) is 2.14. The van der Waals surface area contributed by atoms with Crippen LogP contribution in [0.5, 0.6) is 0 Å². The summed E-state index contributed by atoms with van der Waals surface area (Å²) in [6.45, 7) is 4.19. The fraction of sp³-hybridized carbons (Fsp3) is 0.455. The molecule has 0 bridgehead atoms. The third-order valence-electron chi connectivity index (χ3n) is 2.30. The molecule has 0 aliphatic rings. The molecule has 1 aromatic carbocycles. The largest absolute Gasteiger partial charge is 0.388 e. The molecule has 2 N–H and O–H groups in total. The van der Waals surface area contributed by atoms with Crippen LogP contribution in [0.1, 0.15) is 20.3 Å². The highest BCUT2D eigenvalue weighted by Crippen LogP contribution is 2.23. The van der Waals surface area contributed by atoms with E-state index in [1.807, 2.05) is 6.92 Å². The Morgan fingerprint density at radius 3 is 2.27 bits per heavy atom. The van der Waals surface area contributed by atoms with Gasteiger partial charge in [0.15, 0.2) is 0 Å². The summed E-state index contributed by atoms with van der Waals surface area (Å²) in [5, 5.41) is 14.1. The maximum atomic E-state index is 9.79. The molecule has 0 fully saturated rings. The van der Waals surface area contributed by atoms with E-state index >= 15 is 0 Å². The van der Waals surface area contributed by atoms with Gasteiger partial charge in [-0.15, -0.1) is 0 Å². The van der Waals surface area contributed by atoms with Crippen molar-refractivity contribution in [3.8, 4) is 0 Å². The number of hydrogen-bond acceptors (Lipinski definition) is 2. The van der Waals surface area contributed by atoms with Crippen LogP contribution >= 0.6 is 23.2 Å². The Bertz CT molecular complexity index is 319. The molecule has 4 heteroatoms. The summed E-state index contributed by atoms with van der Waals surface area (Å²) >= 11 is 11.7. The summed E-state index contributed by atoms with van der Waals surface area (Å²) in [6, 6.07) is 5.23. The van der Waals surface area contributed by atoms with Crippen molar-refractivity contribution < 1.29 is 5.11 Å². The van der Waals surface area contributed by atoms with Crippen LogP contribution in [0, 0.1) is 0 Å². The van der Waals surface area contributed by atoms with Crippen LogP contribution in [-0.4, -0.2) is 17.3 Å². The summed E-state index contributed by atoms with van der Waals surface area (Å²) in [5.74, 6) is 0. The van der Waals surface area contributed by atoms with Gasteiger partial charge in [-0.25, -0.2) is 0 Å². The Morgan fingerprint density at radius 2 is 1.80 bits per heavy atom. The smallest absolute Gasteiger partial charge is 0.0788 e. The lowest BCUT2D eigenvalue weighted by molar-refractivity contribution is 0.0697. The molecular weight excluding hydrogens is 233 g/mol. The predicted octanol–water partition coefficient (Wildman–Crippen LogP) is 3.57. The molecule has 0 saturated carbocycles. The van der Waals surface area contributed by atoms with E-state index in [0.29, 0.717) is 23.0 Å². The topological polar surface area (TPSA) is 32.3 Å². The lowest BCUT2D eigenvalue weighted by Crippen LogP contribution is -2.32. The van der Waals surface area contributed by atoms with Gasteiger partial charge >= 0.3 is 0 Å². The van der Waals surface area contributed by atoms with Crippen LogP contribution < -0.4 is 5.32 Å². The zero-order valence-corrected chi connectivity index (χ0v) is 10.4. The zero-order chi connectivity index (χ0) is 11.5. The number of anilines is 1. The minimum Gasteiger partial charge on any atom is -0.388 e. The molecule has 0 saturated heterocycles. The second-order valence-corrected chi connectivity index (χ2v) is 4.74. The maximum Gasteiger partial charge on any atom is 0.0788 e. The number of hydrogen-bond donors (Lipinski definition) is 2. The van der Waals surface area contributed by atoms with Gasteiger partial charge < -0.3 is 10.4 Å². The molecule has 15 heavy (non-hydrogen) atoms. The van der Waals surface area contributed by atoms with E-state index in [9.17, 15) is 5.11 Å². The van der Waals surface area contributed by atoms with Crippen LogP contribution in [-0.2, 0) is 0 Å². The van der Waals surface area contributed by atoms with Crippen LogP contribution in [0.15, 0.2) is 18.2 Å². The first kappa shape index (κ1) is 12.6. The molecule has 1 aromatic rings. The van der Waals surface area contributed by atoms with E-state index in [-0.39, 0.29) is 0 Å². The first-order valence-corrected chi connectivity index (χ1v) is 5.61. The first-order chi connectivity index (χ1) is 6.93. The molecule has 1 unspecified atom stereocenters. The molecule has 84 valence electrons. The fourth-order valence-electron chi connectivity index (χ4n) is 1.07. The average molecular weight is 248 g/mol. The van der Waals surface area contributed by atoms with Gasteiger partial charge in [-0.05, 0) is 31.5 Å². The summed E-state index contributed by atoms with van der Waals surface area (Å²) in [7, 11) is 0. The van der Waals surface area contributed by atoms with Gasteiger partial charge in [0.2, 0.25) is 0 Å². The molecule has 0 spiro atoms. The van der Waals surface area contributed by atoms with Crippen molar-refractivity contribution in [2.24, 2.45) is 0 Å². The Morgan fingerprint density at radius 1 is 1.27 bits per heavy atom. The van der Waals surface area contributed by atoms with Crippen LogP contribution in [0.25, 0.3) is 0 Å². The Kier molecular flexibility index (Phi) is 4.26. The predicted molar refractivity (Wildman–Crippen MR) is 65.9 cm³/mol. The molecule has 0 aliphatic heterocycles. The normalized spacial score (nSPS) is 14.7. The van der Waals surface area contributed by atoms with Crippen LogP contribution in [0.2, 0.25) is 10.0 Å².